The summed E-state index contributed by atoms with van der Waals surface area (Å²) in [6, 6.07) is 5.60. The number of hydrogen-bond acceptors (Lipinski definition) is 5. The summed E-state index contributed by atoms with van der Waals surface area (Å²) in [7, 11) is 0. The Morgan fingerprint density at radius 2 is 2.25 bits per heavy atom. The molecule has 104 valence electrons. The minimum atomic E-state index is 0.197. The molecule has 5 heteroatoms. The maximum atomic E-state index is 11.9. The van der Waals surface area contributed by atoms with Crippen molar-refractivity contribution in [3.05, 3.63) is 41.0 Å². The van der Waals surface area contributed by atoms with Crippen molar-refractivity contribution in [2.45, 2.75) is 39.2 Å². The van der Waals surface area contributed by atoms with Crippen LogP contribution in [0.2, 0.25) is 0 Å². The van der Waals surface area contributed by atoms with Gasteiger partial charge in [0, 0.05) is 24.0 Å². The fraction of sp³-hybridized carbons (Fsp3) is 0.400. The second kappa shape index (κ2) is 5.45. The molecular weight excluding hydrogens is 256 g/mol. The first kappa shape index (κ1) is 12.8. The highest BCUT2D eigenvalue weighted by molar-refractivity contribution is 5.99. The van der Waals surface area contributed by atoms with E-state index in [1.165, 1.54) is 0 Å². The molecule has 0 atom stereocenters. The Morgan fingerprint density at radius 1 is 1.35 bits per heavy atom. The predicted molar refractivity (Wildman–Crippen MR) is 71.7 cm³/mol. The number of nitrogens with zero attached hydrogens (tertiary/aromatic N) is 2. The summed E-state index contributed by atoms with van der Waals surface area (Å²) in [6.45, 7) is 2.20. The number of rotatable bonds is 4. The van der Waals surface area contributed by atoms with Crippen LogP contribution >= 0.6 is 0 Å². The van der Waals surface area contributed by atoms with Crippen molar-refractivity contribution in [2.24, 2.45) is 0 Å². The maximum absolute atomic E-state index is 11.9. The minimum Gasteiger partial charge on any atom is -0.483 e. The third kappa shape index (κ3) is 2.43. The van der Waals surface area contributed by atoms with Crippen LogP contribution in [-0.4, -0.2) is 15.9 Å². The van der Waals surface area contributed by atoms with Gasteiger partial charge in [-0.25, -0.2) is 0 Å². The molecule has 1 aromatic heterocycles. The van der Waals surface area contributed by atoms with E-state index >= 15 is 0 Å². The molecule has 20 heavy (non-hydrogen) atoms. The van der Waals surface area contributed by atoms with E-state index in [4.69, 9.17) is 9.26 Å². The molecule has 1 heterocycles. The topological polar surface area (TPSA) is 65.2 Å². The molecule has 1 aliphatic carbocycles. The Morgan fingerprint density at radius 3 is 3.05 bits per heavy atom. The largest absolute Gasteiger partial charge is 0.483 e. The maximum Gasteiger partial charge on any atom is 0.264 e. The highest BCUT2D eigenvalue weighted by Gasteiger charge is 2.20. The third-order valence-corrected chi connectivity index (χ3v) is 3.44. The zero-order valence-corrected chi connectivity index (χ0v) is 11.4. The first-order chi connectivity index (χ1) is 9.78. The Bertz CT molecular complexity index is 634. The molecule has 5 nitrogen and oxygen atoms in total. The Labute approximate surface area is 116 Å². The Balaban J connectivity index is 1.77. The van der Waals surface area contributed by atoms with Gasteiger partial charge in [0.1, 0.15) is 5.75 Å². The van der Waals surface area contributed by atoms with Crippen LogP contribution in [0.25, 0.3) is 0 Å². The van der Waals surface area contributed by atoms with Gasteiger partial charge in [-0.2, -0.15) is 4.98 Å². The van der Waals surface area contributed by atoms with Gasteiger partial charge in [0.15, 0.2) is 18.2 Å². The molecule has 0 N–H and O–H groups in total. The fourth-order valence-corrected chi connectivity index (χ4v) is 2.41. The summed E-state index contributed by atoms with van der Waals surface area (Å²) in [4.78, 5) is 16.1. The molecule has 1 aromatic carbocycles. The van der Waals surface area contributed by atoms with Crippen LogP contribution in [0.1, 0.15) is 47.4 Å². The monoisotopic (exact) mass is 272 g/mol. The second-order valence-corrected chi connectivity index (χ2v) is 4.81. The van der Waals surface area contributed by atoms with Crippen LogP contribution in [0, 0.1) is 0 Å². The fourth-order valence-electron chi connectivity index (χ4n) is 2.41. The third-order valence-electron chi connectivity index (χ3n) is 3.44. The number of hydrogen-bond donors (Lipinski definition) is 0. The lowest BCUT2D eigenvalue weighted by Gasteiger charge is -2.17. The zero-order chi connectivity index (χ0) is 13.9. The van der Waals surface area contributed by atoms with Gasteiger partial charge in [-0.15, -0.1) is 0 Å². The molecule has 0 radical (unpaired) electrons. The summed E-state index contributed by atoms with van der Waals surface area (Å²) >= 11 is 0. The molecule has 3 rings (SSSR count). The minimum absolute atomic E-state index is 0.197. The number of fused-ring (bicyclic) bond motifs is 1. The number of aromatic nitrogens is 2. The van der Waals surface area contributed by atoms with Gasteiger partial charge in [-0.05, 0) is 18.9 Å². The van der Waals surface area contributed by atoms with E-state index in [2.05, 4.69) is 10.1 Å². The lowest BCUT2D eigenvalue weighted by Crippen LogP contribution is -2.12. The highest BCUT2D eigenvalue weighted by Crippen LogP contribution is 2.29. The number of aryl methyl sites for hydroxylation is 1. The molecule has 0 saturated carbocycles. The van der Waals surface area contributed by atoms with E-state index in [-0.39, 0.29) is 12.4 Å². The van der Waals surface area contributed by atoms with Crippen molar-refractivity contribution >= 4 is 5.78 Å². The number of Topliss-reactive ketones (excluding diaryl/α,β-unsaturated/α-hetero) is 1. The number of benzene rings is 1. The van der Waals surface area contributed by atoms with Gasteiger partial charge in [-0.3, -0.25) is 4.79 Å². The van der Waals surface area contributed by atoms with Gasteiger partial charge >= 0.3 is 0 Å². The van der Waals surface area contributed by atoms with Crippen LogP contribution in [0.5, 0.6) is 5.75 Å². The summed E-state index contributed by atoms with van der Waals surface area (Å²) in [6.07, 6.45) is 3.12. The predicted octanol–water partition coefficient (Wildman–Crippen LogP) is 2.73. The lowest BCUT2D eigenvalue weighted by molar-refractivity contribution is 0.0971. The summed E-state index contributed by atoms with van der Waals surface area (Å²) in [5.41, 5.74) is 1.78. The zero-order valence-electron chi connectivity index (χ0n) is 11.4. The quantitative estimate of drug-likeness (QED) is 0.856. The van der Waals surface area contributed by atoms with Crippen LogP contribution in [0.15, 0.2) is 22.7 Å². The summed E-state index contributed by atoms with van der Waals surface area (Å²) < 4.78 is 10.8. The lowest BCUT2D eigenvalue weighted by atomic mass is 9.90. The molecular formula is C15H16N2O3. The van der Waals surface area contributed by atoms with E-state index in [0.717, 1.165) is 36.1 Å². The molecule has 1 aliphatic rings. The molecule has 0 spiro atoms. The van der Waals surface area contributed by atoms with Crippen LogP contribution < -0.4 is 4.74 Å². The normalized spacial score (nSPS) is 14.2. The number of carbonyl (C=O) groups excluding carboxylic acids is 1. The Hall–Kier alpha value is -2.17. The van der Waals surface area contributed by atoms with Gasteiger partial charge < -0.3 is 9.26 Å². The van der Waals surface area contributed by atoms with Crippen LogP contribution in [-0.2, 0) is 19.4 Å². The van der Waals surface area contributed by atoms with Crippen LogP contribution in [0.4, 0.5) is 0 Å². The van der Waals surface area contributed by atoms with E-state index in [9.17, 15) is 4.79 Å². The van der Waals surface area contributed by atoms with E-state index < -0.39 is 0 Å². The van der Waals surface area contributed by atoms with Crippen molar-refractivity contribution in [2.75, 3.05) is 0 Å². The molecule has 0 amide bonds. The molecule has 0 saturated heterocycles. The van der Waals surface area contributed by atoms with E-state index in [0.29, 0.717) is 18.1 Å². The summed E-state index contributed by atoms with van der Waals surface area (Å²) in [5, 5.41) is 3.83. The smallest absolute Gasteiger partial charge is 0.264 e. The number of ketones is 1. The van der Waals surface area contributed by atoms with Crippen molar-refractivity contribution in [3.8, 4) is 5.75 Å². The SMILES string of the molecule is CCc1noc(COc2cccc3c2CCCC3=O)n1. The van der Waals surface area contributed by atoms with Crippen molar-refractivity contribution in [1.29, 1.82) is 0 Å². The molecule has 0 fully saturated rings. The first-order valence-corrected chi connectivity index (χ1v) is 6.87. The molecule has 0 aliphatic heterocycles. The number of carbonyl (C=O) groups is 1. The second-order valence-electron chi connectivity index (χ2n) is 4.81. The summed E-state index contributed by atoms with van der Waals surface area (Å²) in [5.74, 6) is 2.07. The van der Waals surface area contributed by atoms with Crippen molar-refractivity contribution in [1.82, 2.24) is 10.1 Å². The standard InChI is InChI=1S/C15H16N2O3/c1-2-14-16-15(20-17-14)9-19-13-8-4-5-10-11(13)6-3-7-12(10)18/h4-5,8H,2-3,6-7,9H2,1H3. The average Bonchev–Trinajstić information content (AvgIpc) is 2.94. The Kier molecular flexibility index (Phi) is 3.50. The average molecular weight is 272 g/mol. The van der Waals surface area contributed by atoms with Gasteiger partial charge in [0.25, 0.3) is 5.89 Å². The van der Waals surface area contributed by atoms with Gasteiger partial charge in [0.2, 0.25) is 0 Å². The highest BCUT2D eigenvalue weighted by atomic mass is 16.5. The molecule has 2 aromatic rings. The van der Waals surface area contributed by atoms with Crippen molar-refractivity contribution < 1.29 is 14.1 Å². The van der Waals surface area contributed by atoms with E-state index in [1.54, 1.807) is 0 Å². The van der Waals surface area contributed by atoms with Crippen molar-refractivity contribution in [3.63, 3.8) is 0 Å². The molecule has 0 unspecified atom stereocenters. The van der Waals surface area contributed by atoms with Gasteiger partial charge in [-0.1, -0.05) is 24.2 Å². The number of ether oxygens (including phenoxy) is 1. The molecule has 0 bridgehead atoms. The first-order valence-electron chi connectivity index (χ1n) is 6.87. The van der Waals surface area contributed by atoms with Crippen LogP contribution in [0.3, 0.4) is 0 Å². The van der Waals surface area contributed by atoms with Gasteiger partial charge in [0.05, 0.1) is 0 Å². The van der Waals surface area contributed by atoms with E-state index in [1.807, 2.05) is 25.1 Å².